The minimum atomic E-state index is -1.82. The number of nitrogens with zero attached hydrogens (tertiary/aromatic N) is 3. The number of H-pyrrole nitrogens is 1. The third-order valence-electron chi connectivity index (χ3n) is 4.57. The van der Waals surface area contributed by atoms with Gasteiger partial charge < -0.3 is 13.7 Å². The Hall–Kier alpha value is -3.53. The third kappa shape index (κ3) is 4.48. The number of aromatic nitrogens is 4. The van der Waals surface area contributed by atoms with Crippen LogP contribution in [0.15, 0.2) is 42.5 Å². The van der Waals surface area contributed by atoms with E-state index in [1.165, 1.54) is 0 Å². The predicted molar refractivity (Wildman–Crippen MR) is 119 cm³/mol. The van der Waals surface area contributed by atoms with Crippen molar-refractivity contribution < 1.29 is 17.9 Å². The summed E-state index contributed by atoms with van der Waals surface area (Å²) < 4.78 is 33.4. The molecule has 2 aromatic carbocycles. The van der Waals surface area contributed by atoms with Gasteiger partial charge in [-0.3, -0.25) is 9.82 Å². The SMILES string of the molecule is CCOc1cc2nc(-c3ccc(OC)c(NS(=O)Oc4cc(C)ccc4C)c3)[nH]n2n1. The number of nitrogens with one attached hydrogen (secondary N) is 2. The van der Waals surface area contributed by atoms with Crippen molar-refractivity contribution in [2.75, 3.05) is 18.4 Å². The standard InChI is InChI=1S/C21H23N5O4S/c1-5-29-20-12-19-22-21(24-26(19)23-20)15-8-9-17(28-4)16(11-15)25-31(27)30-18-10-13(2)6-7-14(18)3/h6-12,25H,5H2,1-4H3,(H,22,24). The molecule has 4 rings (SSSR count). The molecule has 0 bridgehead atoms. The lowest BCUT2D eigenvalue weighted by atomic mass is 10.1. The Bertz CT molecular complexity index is 1220. The Morgan fingerprint density at radius 3 is 2.71 bits per heavy atom. The van der Waals surface area contributed by atoms with Gasteiger partial charge in [-0.1, -0.05) is 12.1 Å². The first-order valence-corrected chi connectivity index (χ1v) is 10.8. The molecular formula is C21H23N5O4S. The molecule has 0 saturated heterocycles. The smallest absolute Gasteiger partial charge is 0.316 e. The highest BCUT2D eigenvalue weighted by molar-refractivity contribution is 7.82. The summed E-state index contributed by atoms with van der Waals surface area (Å²) in [6.07, 6.45) is 0. The van der Waals surface area contributed by atoms with E-state index in [0.29, 0.717) is 41.1 Å². The lowest BCUT2D eigenvalue weighted by Crippen LogP contribution is -2.12. The van der Waals surface area contributed by atoms with Crippen LogP contribution in [0, 0.1) is 13.8 Å². The zero-order valence-corrected chi connectivity index (χ0v) is 18.4. The Labute approximate surface area is 182 Å². The molecule has 0 aliphatic heterocycles. The molecule has 162 valence electrons. The van der Waals surface area contributed by atoms with Crippen molar-refractivity contribution in [3.05, 3.63) is 53.6 Å². The van der Waals surface area contributed by atoms with Crippen molar-refractivity contribution in [3.63, 3.8) is 0 Å². The van der Waals surface area contributed by atoms with Gasteiger partial charge in [0, 0.05) is 11.6 Å². The number of benzene rings is 2. The molecular weight excluding hydrogens is 418 g/mol. The summed E-state index contributed by atoms with van der Waals surface area (Å²) in [4.78, 5) is 4.54. The molecule has 2 heterocycles. The van der Waals surface area contributed by atoms with E-state index in [9.17, 15) is 4.21 Å². The summed E-state index contributed by atoms with van der Waals surface area (Å²) in [6, 6.07) is 12.9. The van der Waals surface area contributed by atoms with Crippen LogP contribution in [-0.4, -0.2) is 37.7 Å². The van der Waals surface area contributed by atoms with Crippen LogP contribution < -0.4 is 18.4 Å². The van der Waals surface area contributed by atoms with Gasteiger partial charge in [0.25, 0.3) is 0 Å². The summed E-state index contributed by atoms with van der Waals surface area (Å²) in [6.45, 7) is 6.28. The summed E-state index contributed by atoms with van der Waals surface area (Å²) in [5.74, 6) is 2.18. The number of aromatic amines is 1. The normalized spacial score (nSPS) is 12.0. The molecule has 0 saturated carbocycles. The Morgan fingerprint density at radius 2 is 1.97 bits per heavy atom. The average Bonchev–Trinajstić information content (AvgIpc) is 3.30. The first kappa shape index (κ1) is 20.7. The molecule has 0 aliphatic rings. The van der Waals surface area contributed by atoms with E-state index in [-0.39, 0.29) is 0 Å². The van der Waals surface area contributed by atoms with Crippen LogP contribution in [0.1, 0.15) is 18.1 Å². The fraction of sp³-hybridized carbons (Fsp3) is 0.238. The highest BCUT2D eigenvalue weighted by Gasteiger charge is 2.14. The zero-order valence-electron chi connectivity index (χ0n) is 17.6. The average molecular weight is 442 g/mol. The quantitative estimate of drug-likeness (QED) is 0.431. The number of ether oxygens (including phenoxy) is 2. The van der Waals surface area contributed by atoms with E-state index < -0.39 is 11.3 Å². The number of anilines is 1. The molecule has 0 radical (unpaired) electrons. The number of rotatable bonds is 8. The Morgan fingerprint density at radius 1 is 1.13 bits per heavy atom. The molecule has 2 N–H and O–H groups in total. The summed E-state index contributed by atoms with van der Waals surface area (Å²) >= 11 is -1.82. The fourth-order valence-corrected chi connectivity index (χ4v) is 3.75. The van der Waals surface area contributed by atoms with Gasteiger partial charge in [-0.15, -0.1) is 5.10 Å². The van der Waals surface area contributed by atoms with Gasteiger partial charge in [0.05, 0.1) is 19.4 Å². The van der Waals surface area contributed by atoms with E-state index in [0.717, 1.165) is 16.7 Å². The second-order valence-electron chi connectivity index (χ2n) is 6.86. The van der Waals surface area contributed by atoms with E-state index in [4.69, 9.17) is 13.7 Å². The predicted octanol–water partition coefficient (Wildman–Crippen LogP) is 3.82. The van der Waals surface area contributed by atoms with E-state index in [1.54, 1.807) is 29.9 Å². The van der Waals surface area contributed by atoms with Crippen LogP contribution >= 0.6 is 0 Å². The lowest BCUT2D eigenvalue weighted by Gasteiger charge is -2.13. The number of aryl methyl sites for hydroxylation is 2. The fourth-order valence-electron chi connectivity index (χ4n) is 3.02. The van der Waals surface area contributed by atoms with Gasteiger partial charge in [-0.2, -0.15) is 8.84 Å². The molecule has 0 aliphatic carbocycles. The molecule has 4 aromatic rings. The highest BCUT2D eigenvalue weighted by atomic mass is 32.2. The number of methoxy groups -OCH3 is 1. The maximum atomic E-state index is 12.6. The van der Waals surface area contributed by atoms with Gasteiger partial charge in [-0.25, -0.2) is 4.98 Å². The maximum absolute atomic E-state index is 12.6. The monoisotopic (exact) mass is 441 g/mol. The molecule has 2 aromatic heterocycles. The van der Waals surface area contributed by atoms with Crippen LogP contribution in [0.25, 0.3) is 17.0 Å². The van der Waals surface area contributed by atoms with Gasteiger partial charge in [-0.05, 0) is 56.2 Å². The Kier molecular flexibility index (Phi) is 5.81. The van der Waals surface area contributed by atoms with Crippen molar-refractivity contribution in [3.8, 4) is 28.8 Å². The maximum Gasteiger partial charge on any atom is 0.316 e. The summed E-state index contributed by atoms with van der Waals surface area (Å²) in [5, 5.41) is 7.38. The minimum Gasteiger partial charge on any atom is -0.495 e. The van der Waals surface area contributed by atoms with Gasteiger partial charge >= 0.3 is 11.3 Å². The number of hydrogen-bond acceptors (Lipinski definition) is 6. The van der Waals surface area contributed by atoms with Crippen molar-refractivity contribution in [2.24, 2.45) is 0 Å². The van der Waals surface area contributed by atoms with Crippen molar-refractivity contribution in [1.29, 1.82) is 0 Å². The largest absolute Gasteiger partial charge is 0.495 e. The van der Waals surface area contributed by atoms with E-state index in [2.05, 4.69) is 19.9 Å². The molecule has 9 nitrogen and oxygen atoms in total. The van der Waals surface area contributed by atoms with E-state index >= 15 is 0 Å². The molecule has 0 amide bonds. The van der Waals surface area contributed by atoms with Crippen LogP contribution in [0.2, 0.25) is 0 Å². The minimum absolute atomic E-state index is 0.504. The molecule has 1 atom stereocenters. The topological polar surface area (TPSA) is 103 Å². The van der Waals surface area contributed by atoms with Crippen molar-refractivity contribution in [1.82, 2.24) is 19.8 Å². The molecule has 0 spiro atoms. The zero-order chi connectivity index (χ0) is 22.0. The molecule has 0 fully saturated rings. The van der Waals surface area contributed by atoms with Gasteiger partial charge in [0.15, 0.2) is 11.5 Å². The third-order valence-corrected chi connectivity index (χ3v) is 5.29. The number of hydrogen-bond donors (Lipinski definition) is 2. The Balaban J connectivity index is 1.58. The van der Waals surface area contributed by atoms with E-state index in [1.807, 2.05) is 45.0 Å². The van der Waals surface area contributed by atoms with Gasteiger partial charge in [0.2, 0.25) is 5.88 Å². The number of fused-ring (bicyclic) bond motifs is 1. The first-order valence-electron chi connectivity index (χ1n) is 9.68. The van der Waals surface area contributed by atoms with Gasteiger partial charge in [0.1, 0.15) is 11.5 Å². The highest BCUT2D eigenvalue weighted by Crippen LogP contribution is 2.31. The van der Waals surface area contributed by atoms with Crippen LogP contribution in [0.4, 0.5) is 5.69 Å². The second kappa shape index (κ2) is 8.68. The molecule has 10 heteroatoms. The van der Waals surface area contributed by atoms with Crippen molar-refractivity contribution in [2.45, 2.75) is 20.8 Å². The first-order chi connectivity index (χ1) is 15.0. The van der Waals surface area contributed by atoms with Crippen LogP contribution in [0.5, 0.6) is 17.4 Å². The summed E-state index contributed by atoms with van der Waals surface area (Å²) in [7, 11) is 1.55. The van der Waals surface area contributed by atoms with Crippen LogP contribution in [0.3, 0.4) is 0 Å². The lowest BCUT2D eigenvalue weighted by molar-refractivity contribution is 0.324. The van der Waals surface area contributed by atoms with Crippen LogP contribution in [-0.2, 0) is 11.3 Å². The molecule has 31 heavy (non-hydrogen) atoms. The molecule has 1 unspecified atom stereocenters. The summed E-state index contributed by atoms with van der Waals surface area (Å²) in [5.41, 5.74) is 3.81. The van der Waals surface area contributed by atoms with Crippen molar-refractivity contribution >= 4 is 22.6 Å². The second-order valence-corrected chi connectivity index (χ2v) is 7.70.